The Labute approximate surface area is 159 Å². The van der Waals surface area contributed by atoms with Crippen molar-refractivity contribution in [3.05, 3.63) is 0 Å². The van der Waals surface area contributed by atoms with Gasteiger partial charge in [0.15, 0.2) is 0 Å². The summed E-state index contributed by atoms with van der Waals surface area (Å²) in [5.74, 6) is 0.130. The van der Waals surface area contributed by atoms with Gasteiger partial charge in [0.05, 0.1) is 5.41 Å². The molecule has 1 amide bonds. The lowest BCUT2D eigenvalue weighted by molar-refractivity contribution is -0.132. The van der Waals surface area contributed by atoms with Gasteiger partial charge in [0.25, 0.3) is 0 Å². The predicted molar refractivity (Wildman–Crippen MR) is 103 cm³/mol. The first-order chi connectivity index (χ1) is 10.6. The molecule has 2 aliphatic heterocycles. The van der Waals surface area contributed by atoms with E-state index in [1.807, 2.05) is 0 Å². The van der Waals surface area contributed by atoms with E-state index in [-0.39, 0.29) is 36.3 Å². The molecule has 2 rings (SSSR count). The Balaban J connectivity index is 0.00000264. The van der Waals surface area contributed by atoms with E-state index in [4.69, 9.17) is 10.5 Å². The van der Waals surface area contributed by atoms with Gasteiger partial charge in [0.1, 0.15) is 0 Å². The summed E-state index contributed by atoms with van der Waals surface area (Å²) in [7, 11) is 0. The normalized spacial score (nSPS) is 20.8. The summed E-state index contributed by atoms with van der Waals surface area (Å²) >= 11 is 0. The first-order valence-corrected chi connectivity index (χ1v) is 8.93. The van der Waals surface area contributed by atoms with Crippen molar-refractivity contribution in [3.8, 4) is 0 Å². The van der Waals surface area contributed by atoms with Gasteiger partial charge in [-0.1, -0.05) is 13.8 Å². The highest BCUT2D eigenvalue weighted by Crippen LogP contribution is 2.32. The molecule has 0 atom stereocenters. The van der Waals surface area contributed by atoms with Crippen molar-refractivity contribution in [2.75, 3.05) is 39.4 Å². The topological polar surface area (TPSA) is 67.6 Å². The highest BCUT2D eigenvalue weighted by atomic mass is 35.5. The van der Waals surface area contributed by atoms with Crippen LogP contribution in [0.2, 0.25) is 0 Å². The number of nitrogens with two attached hydrogens (primary N) is 1. The molecule has 24 heavy (non-hydrogen) atoms. The van der Waals surface area contributed by atoms with Crippen LogP contribution in [0, 0.1) is 5.41 Å². The van der Waals surface area contributed by atoms with Gasteiger partial charge in [0, 0.05) is 31.8 Å². The predicted octanol–water partition coefficient (Wildman–Crippen LogP) is 2.36. The number of nitrogens with one attached hydrogen (secondary N) is 1. The van der Waals surface area contributed by atoms with Crippen LogP contribution in [0.25, 0.3) is 0 Å². The van der Waals surface area contributed by atoms with Crippen LogP contribution in [0.3, 0.4) is 0 Å². The maximum Gasteiger partial charge on any atom is 0.227 e. The van der Waals surface area contributed by atoms with Gasteiger partial charge in [-0.25, -0.2) is 0 Å². The molecule has 7 heteroatoms. The van der Waals surface area contributed by atoms with E-state index < -0.39 is 5.41 Å². The lowest BCUT2D eigenvalue weighted by atomic mass is 9.80. The molecule has 0 aromatic rings. The van der Waals surface area contributed by atoms with E-state index in [1.54, 1.807) is 0 Å². The van der Waals surface area contributed by atoms with Crippen LogP contribution >= 0.6 is 24.8 Å². The number of amides is 1. The van der Waals surface area contributed by atoms with Crippen LogP contribution in [0.4, 0.5) is 0 Å². The molecule has 0 aromatic carbocycles. The van der Waals surface area contributed by atoms with Gasteiger partial charge in [-0.05, 0) is 51.6 Å². The highest BCUT2D eigenvalue weighted by Gasteiger charge is 2.41. The second-order valence-electron chi connectivity index (χ2n) is 6.91. The first-order valence-electron chi connectivity index (χ1n) is 8.93. The lowest BCUT2D eigenvalue weighted by Crippen LogP contribution is -2.59. The fraction of sp³-hybridized carbons (Fsp3) is 0.941. The average molecular weight is 384 g/mol. The quantitative estimate of drug-likeness (QED) is 0.707. The largest absolute Gasteiger partial charge is 0.381 e. The van der Waals surface area contributed by atoms with Gasteiger partial charge in [-0.3, -0.25) is 9.69 Å². The summed E-state index contributed by atoms with van der Waals surface area (Å²) in [6.07, 6.45) is 6.17. The van der Waals surface area contributed by atoms with Gasteiger partial charge in [-0.15, -0.1) is 24.8 Å². The standard InChI is InChI=1S/C17H33N3O2.2ClH/c1-3-16(4-2,13-18)15(21)19-14-17(7-11-22-12-8-17)20-9-5-6-10-20;;/h3-14,18H2,1-2H3,(H,19,21);2*1H. The molecular formula is C17H35Cl2N3O2. The zero-order valence-corrected chi connectivity index (χ0v) is 16.8. The third-order valence-corrected chi connectivity index (χ3v) is 6.00. The molecule has 3 N–H and O–H groups in total. The van der Waals surface area contributed by atoms with Crippen molar-refractivity contribution < 1.29 is 9.53 Å². The Morgan fingerprint density at radius 3 is 2.17 bits per heavy atom. The molecule has 0 spiro atoms. The minimum atomic E-state index is -0.405. The number of rotatable bonds is 7. The molecule has 2 heterocycles. The lowest BCUT2D eigenvalue weighted by Gasteiger charge is -2.45. The Morgan fingerprint density at radius 1 is 1.17 bits per heavy atom. The van der Waals surface area contributed by atoms with E-state index in [0.717, 1.165) is 58.5 Å². The summed E-state index contributed by atoms with van der Waals surface area (Å²) < 4.78 is 5.56. The van der Waals surface area contributed by atoms with E-state index in [2.05, 4.69) is 24.1 Å². The molecule has 0 aliphatic carbocycles. The van der Waals surface area contributed by atoms with Gasteiger partial charge < -0.3 is 15.8 Å². The molecule has 0 bridgehead atoms. The average Bonchev–Trinajstić information content (AvgIpc) is 3.11. The zero-order valence-electron chi connectivity index (χ0n) is 15.1. The van der Waals surface area contributed by atoms with Crippen LogP contribution < -0.4 is 11.1 Å². The number of halogens is 2. The maximum absolute atomic E-state index is 12.7. The third kappa shape index (κ3) is 4.98. The van der Waals surface area contributed by atoms with Crippen molar-refractivity contribution in [1.82, 2.24) is 10.2 Å². The molecule has 0 aromatic heterocycles. The van der Waals surface area contributed by atoms with Crippen LogP contribution in [-0.2, 0) is 9.53 Å². The molecule has 2 saturated heterocycles. The van der Waals surface area contributed by atoms with Gasteiger partial charge >= 0.3 is 0 Å². The smallest absolute Gasteiger partial charge is 0.227 e. The number of nitrogens with zero attached hydrogens (tertiary/aromatic N) is 1. The van der Waals surface area contributed by atoms with Crippen LogP contribution in [-0.4, -0.2) is 55.7 Å². The molecule has 2 fully saturated rings. The number of hydrogen-bond donors (Lipinski definition) is 2. The Hall–Kier alpha value is -0.0700. The molecule has 2 aliphatic rings. The molecule has 0 saturated carbocycles. The summed E-state index contributed by atoms with van der Waals surface area (Å²) in [5.41, 5.74) is 5.59. The number of carbonyl (C=O) groups is 1. The minimum Gasteiger partial charge on any atom is -0.381 e. The number of carbonyl (C=O) groups excluding carboxylic acids is 1. The molecule has 0 unspecified atom stereocenters. The second-order valence-corrected chi connectivity index (χ2v) is 6.91. The Kier molecular flexibility index (Phi) is 10.8. The number of hydrogen-bond acceptors (Lipinski definition) is 4. The van der Waals surface area contributed by atoms with Gasteiger partial charge in [0.2, 0.25) is 5.91 Å². The van der Waals surface area contributed by atoms with Crippen molar-refractivity contribution in [2.45, 2.75) is 57.9 Å². The molecular weight excluding hydrogens is 349 g/mol. The molecule has 144 valence electrons. The zero-order chi connectivity index (χ0) is 16.1. The summed E-state index contributed by atoms with van der Waals surface area (Å²) in [5, 5.41) is 3.25. The molecule has 0 radical (unpaired) electrons. The highest BCUT2D eigenvalue weighted by molar-refractivity contribution is 5.85. The van der Waals surface area contributed by atoms with Crippen LogP contribution in [0.1, 0.15) is 52.4 Å². The Bertz CT molecular complexity index is 359. The SMILES string of the molecule is CCC(CC)(CN)C(=O)NCC1(N2CCCC2)CCOCC1.Cl.Cl. The van der Waals surface area contributed by atoms with Crippen molar-refractivity contribution in [3.63, 3.8) is 0 Å². The fourth-order valence-corrected chi connectivity index (χ4v) is 3.93. The maximum atomic E-state index is 12.7. The van der Waals surface area contributed by atoms with E-state index >= 15 is 0 Å². The van der Waals surface area contributed by atoms with Crippen LogP contribution in [0.15, 0.2) is 0 Å². The second kappa shape index (κ2) is 10.8. The minimum absolute atomic E-state index is 0. The summed E-state index contributed by atoms with van der Waals surface area (Å²) in [4.78, 5) is 15.3. The van der Waals surface area contributed by atoms with E-state index in [0.29, 0.717) is 6.54 Å². The fourth-order valence-electron chi connectivity index (χ4n) is 3.93. The van der Waals surface area contributed by atoms with Gasteiger partial charge in [-0.2, -0.15) is 0 Å². The van der Waals surface area contributed by atoms with Crippen LogP contribution in [0.5, 0.6) is 0 Å². The third-order valence-electron chi connectivity index (χ3n) is 6.00. The van der Waals surface area contributed by atoms with E-state index in [1.165, 1.54) is 12.8 Å². The monoisotopic (exact) mass is 383 g/mol. The van der Waals surface area contributed by atoms with Crippen molar-refractivity contribution in [2.24, 2.45) is 11.1 Å². The number of likely N-dealkylation sites (tertiary alicyclic amines) is 1. The summed E-state index contributed by atoms with van der Waals surface area (Å²) in [6, 6.07) is 0. The molecule has 5 nitrogen and oxygen atoms in total. The van der Waals surface area contributed by atoms with Crippen molar-refractivity contribution in [1.29, 1.82) is 0 Å². The Morgan fingerprint density at radius 2 is 1.71 bits per heavy atom. The first kappa shape index (κ1) is 23.9. The van der Waals surface area contributed by atoms with E-state index in [9.17, 15) is 4.79 Å². The van der Waals surface area contributed by atoms with Crippen molar-refractivity contribution >= 4 is 30.7 Å². The number of ether oxygens (including phenoxy) is 1. The summed E-state index contributed by atoms with van der Waals surface area (Å²) in [6.45, 7) is 9.18.